The third-order valence-corrected chi connectivity index (χ3v) is 4.25. The van der Waals surface area contributed by atoms with Gasteiger partial charge >= 0.3 is 0 Å². The summed E-state index contributed by atoms with van der Waals surface area (Å²) in [4.78, 5) is 0. The standard InChI is InChI=1S/C17H15F4NO/c18-10-3-5-12(14(20)8-10)17(23,16-2-1-7-22-16)13-6-4-11(19)9-15(13)21/h3-6,8-9,16,22-23H,1-2,7H2/t16-/m0/s1. The average Bonchev–Trinajstić information content (AvgIpc) is 3.01. The Hall–Kier alpha value is -1.92. The lowest BCUT2D eigenvalue weighted by molar-refractivity contribution is 0.0371. The molecule has 6 heteroatoms. The van der Waals surface area contributed by atoms with Crippen LogP contribution in [0.15, 0.2) is 36.4 Å². The number of nitrogens with one attached hydrogen (secondary N) is 1. The van der Waals surface area contributed by atoms with Gasteiger partial charge in [-0.15, -0.1) is 0 Å². The van der Waals surface area contributed by atoms with Crippen LogP contribution in [0.3, 0.4) is 0 Å². The zero-order valence-corrected chi connectivity index (χ0v) is 12.1. The Morgan fingerprint density at radius 3 is 1.83 bits per heavy atom. The smallest absolute Gasteiger partial charge is 0.135 e. The zero-order chi connectivity index (χ0) is 16.6. The van der Waals surface area contributed by atoms with Gasteiger partial charge in [0.25, 0.3) is 0 Å². The van der Waals surface area contributed by atoms with Crippen LogP contribution >= 0.6 is 0 Å². The molecule has 23 heavy (non-hydrogen) atoms. The Labute approximate surface area is 130 Å². The first-order valence-electron chi connectivity index (χ1n) is 7.29. The molecule has 2 aromatic rings. The number of hydrogen-bond donors (Lipinski definition) is 2. The lowest BCUT2D eigenvalue weighted by Crippen LogP contribution is -2.47. The predicted molar refractivity (Wildman–Crippen MR) is 76.7 cm³/mol. The fraction of sp³-hybridized carbons (Fsp3) is 0.294. The minimum absolute atomic E-state index is 0.246. The van der Waals surface area contributed by atoms with Crippen LogP contribution in [0.5, 0.6) is 0 Å². The summed E-state index contributed by atoms with van der Waals surface area (Å²) in [6.45, 7) is 0.582. The molecular weight excluding hydrogens is 310 g/mol. The van der Waals surface area contributed by atoms with E-state index in [-0.39, 0.29) is 11.1 Å². The fourth-order valence-electron chi connectivity index (χ4n) is 3.16. The molecule has 122 valence electrons. The summed E-state index contributed by atoms with van der Waals surface area (Å²) in [5.74, 6) is -3.56. The van der Waals surface area contributed by atoms with Gasteiger partial charge < -0.3 is 10.4 Å². The summed E-state index contributed by atoms with van der Waals surface area (Å²) in [7, 11) is 0. The van der Waals surface area contributed by atoms with Crippen LogP contribution in [-0.2, 0) is 5.60 Å². The van der Waals surface area contributed by atoms with Gasteiger partial charge in [-0.05, 0) is 43.7 Å². The molecule has 0 unspecified atom stereocenters. The number of hydrogen-bond acceptors (Lipinski definition) is 2. The number of rotatable bonds is 3. The largest absolute Gasteiger partial charge is 0.379 e. The molecule has 3 rings (SSSR count). The maximum atomic E-state index is 14.3. The fourth-order valence-corrected chi connectivity index (χ4v) is 3.16. The Balaban J connectivity index is 2.21. The molecule has 0 amide bonds. The molecule has 1 fully saturated rings. The topological polar surface area (TPSA) is 32.3 Å². The van der Waals surface area contributed by atoms with E-state index in [2.05, 4.69) is 5.32 Å². The molecule has 1 heterocycles. The second kappa shape index (κ2) is 5.94. The van der Waals surface area contributed by atoms with E-state index in [1.165, 1.54) is 0 Å². The molecule has 0 saturated carbocycles. The summed E-state index contributed by atoms with van der Waals surface area (Å²) >= 11 is 0. The van der Waals surface area contributed by atoms with Crippen molar-refractivity contribution in [2.24, 2.45) is 0 Å². The second-order valence-electron chi connectivity index (χ2n) is 5.66. The Morgan fingerprint density at radius 1 is 0.913 bits per heavy atom. The van der Waals surface area contributed by atoms with E-state index in [1.807, 2.05) is 0 Å². The van der Waals surface area contributed by atoms with Crippen LogP contribution in [0, 0.1) is 23.3 Å². The zero-order valence-electron chi connectivity index (χ0n) is 12.1. The lowest BCUT2D eigenvalue weighted by Gasteiger charge is -2.35. The summed E-state index contributed by atoms with van der Waals surface area (Å²) in [5, 5.41) is 14.2. The Kier molecular flexibility index (Phi) is 4.12. The first-order chi connectivity index (χ1) is 10.9. The van der Waals surface area contributed by atoms with Crippen molar-refractivity contribution in [3.05, 3.63) is 70.8 Å². The highest BCUT2D eigenvalue weighted by molar-refractivity contribution is 5.40. The van der Waals surface area contributed by atoms with Gasteiger partial charge in [-0.1, -0.05) is 0 Å². The normalized spacial score (nSPS) is 18.4. The molecule has 0 aromatic heterocycles. The van der Waals surface area contributed by atoms with Gasteiger partial charge in [0.15, 0.2) is 0 Å². The van der Waals surface area contributed by atoms with Crippen LogP contribution in [0.2, 0.25) is 0 Å². The summed E-state index contributed by atoms with van der Waals surface area (Å²) < 4.78 is 54.9. The summed E-state index contributed by atoms with van der Waals surface area (Å²) in [6.07, 6.45) is 1.20. The van der Waals surface area contributed by atoms with Gasteiger partial charge in [0, 0.05) is 29.3 Å². The molecule has 0 radical (unpaired) electrons. The van der Waals surface area contributed by atoms with Gasteiger partial charge in [0.1, 0.15) is 28.9 Å². The molecule has 1 aliphatic heterocycles. The van der Waals surface area contributed by atoms with Crippen LogP contribution in [0.4, 0.5) is 17.6 Å². The molecule has 0 aliphatic carbocycles. The lowest BCUT2D eigenvalue weighted by atomic mass is 9.79. The molecule has 0 bridgehead atoms. The minimum atomic E-state index is -2.06. The highest BCUT2D eigenvalue weighted by Gasteiger charge is 2.45. The molecule has 1 saturated heterocycles. The van der Waals surface area contributed by atoms with Crippen molar-refractivity contribution in [2.45, 2.75) is 24.5 Å². The van der Waals surface area contributed by atoms with Crippen LogP contribution in [0.1, 0.15) is 24.0 Å². The molecule has 1 aliphatic rings. The van der Waals surface area contributed by atoms with Gasteiger partial charge in [0.2, 0.25) is 0 Å². The van der Waals surface area contributed by atoms with Crippen molar-refractivity contribution in [1.29, 1.82) is 0 Å². The molecular formula is C17H15F4NO. The van der Waals surface area contributed by atoms with E-state index in [1.54, 1.807) is 0 Å². The molecule has 2 N–H and O–H groups in total. The SMILES string of the molecule is OC(c1ccc(F)cc1F)(c1ccc(F)cc1F)[C@@H]1CCCN1. The van der Waals surface area contributed by atoms with Crippen LogP contribution in [-0.4, -0.2) is 17.7 Å². The van der Waals surface area contributed by atoms with Crippen LogP contribution in [0.25, 0.3) is 0 Å². The number of benzene rings is 2. The molecule has 2 aromatic carbocycles. The Bertz CT molecular complexity index is 677. The van der Waals surface area contributed by atoms with Gasteiger partial charge in [0.05, 0.1) is 0 Å². The van der Waals surface area contributed by atoms with E-state index in [4.69, 9.17) is 0 Å². The molecule has 0 spiro atoms. The van der Waals surface area contributed by atoms with Crippen molar-refractivity contribution >= 4 is 0 Å². The van der Waals surface area contributed by atoms with Crippen LogP contribution < -0.4 is 5.32 Å². The molecule has 1 atom stereocenters. The summed E-state index contributed by atoms with van der Waals surface area (Å²) in [5.41, 5.74) is -2.56. The van der Waals surface area contributed by atoms with Crippen molar-refractivity contribution in [3.63, 3.8) is 0 Å². The van der Waals surface area contributed by atoms with Gasteiger partial charge in [-0.2, -0.15) is 0 Å². The minimum Gasteiger partial charge on any atom is -0.379 e. The number of aliphatic hydroxyl groups is 1. The van der Waals surface area contributed by atoms with Crippen molar-refractivity contribution in [2.75, 3.05) is 6.54 Å². The predicted octanol–water partition coefficient (Wildman–Crippen LogP) is 3.23. The monoisotopic (exact) mass is 325 g/mol. The van der Waals surface area contributed by atoms with E-state index >= 15 is 0 Å². The maximum Gasteiger partial charge on any atom is 0.135 e. The van der Waals surface area contributed by atoms with E-state index < -0.39 is 34.9 Å². The first-order valence-corrected chi connectivity index (χ1v) is 7.29. The highest BCUT2D eigenvalue weighted by atomic mass is 19.1. The van der Waals surface area contributed by atoms with E-state index in [9.17, 15) is 22.7 Å². The van der Waals surface area contributed by atoms with E-state index in [0.717, 1.165) is 30.7 Å². The second-order valence-corrected chi connectivity index (χ2v) is 5.66. The van der Waals surface area contributed by atoms with E-state index in [0.29, 0.717) is 25.1 Å². The van der Waals surface area contributed by atoms with Gasteiger partial charge in [-0.3, -0.25) is 0 Å². The van der Waals surface area contributed by atoms with Crippen molar-refractivity contribution in [3.8, 4) is 0 Å². The average molecular weight is 325 g/mol. The quantitative estimate of drug-likeness (QED) is 0.849. The van der Waals surface area contributed by atoms with Crippen molar-refractivity contribution < 1.29 is 22.7 Å². The van der Waals surface area contributed by atoms with Crippen molar-refractivity contribution in [1.82, 2.24) is 5.32 Å². The highest BCUT2D eigenvalue weighted by Crippen LogP contribution is 2.39. The number of halogens is 4. The van der Waals surface area contributed by atoms with Gasteiger partial charge in [-0.25, -0.2) is 17.6 Å². The summed E-state index contributed by atoms with van der Waals surface area (Å²) in [6, 6.07) is 4.79. The third-order valence-electron chi connectivity index (χ3n) is 4.25. The Morgan fingerprint density at radius 2 is 1.43 bits per heavy atom. The first kappa shape index (κ1) is 16.0. The maximum absolute atomic E-state index is 14.3. The third kappa shape index (κ3) is 2.72. The molecule has 2 nitrogen and oxygen atoms in total.